The molecule has 17 heavy (non-hydrogen) atoms. The smallest absolute Gasteiger partial charge is 0.137 e. The average Bonchev–Trinajstić information content (AvgIpc) is 2.78. The molecule has 0 saturated heterocycles. The molecule has 2 rings (SSSR count). The molecule has 90 valence electrons. The Morgan fingerprint density at radius 3 is 2.88 bits per heavy atom. The van der Waals surface area contributed by atoms with Crippen molar-refractivity contribution in [1.82, 2.24) is 4.98 Å². The number of aromatic nitrogens is 1. The van der Waals surface area contributed by atoms with Crippen molar-refractivity contribution in [3.63, 3.8) is 0 Å². The van der Waals surface area contributed by atoms with E-state index in [-0.39, 0.29) is 12.5 Å². The van der Waals surface area contributed by atoms with Crippen LogP contribution in [-0.2, 0) is 0 Å². The fraction of sp³-hybridized carbons (Fsp3) is 0.250. The summed E-state index contributed by atoms with van der Waals surface area (Å²) >= 11 is 7.33. The predicted octanol–water partition coefficient (Wildman–Crippen LogP) is 2.95. The highest BCUT2D eigenvalue weighted by Crippen LogP contribution is 2.28. The predicted molar refractivity (Wildman–Crippen MR) is 68.9 cm³/mol. The number of rotatable bonds is 5. The number of hydrogen-bond acceptors (Lipinski definition) is 4. The zero-order valence-electron chi connectivity index (χ0n) is 9.04. The van der Waals surface area contributed by atoms with E-state index in [1.807, 2.05) is 24.3 Å². The van der Waals surface area contributed by atoms with Crippen molar-refractivity contribution in [1.29, 1.82) is 0 Å². The van der Waals surface area contributed by atoms with E-state index in [9.17, 15) is 5.11 Å². The first-order chi connectivity index (χ1) is 8.29. The topological polar surface area (TPSA) is 42.4 Å². The molecular weight excluding hydrogens is 258 g/mol. The molecule has 2 aromatic heterocycles. The Hall–Kier alpha value is -1.10. The van der Waals surface area contributed by atoms with Gasteiger partial charge in [-0.05, 0) is 24.3 Å². The average molecular weight is 270 g/mol. The summed E-state index contributed by atoms with van der Waals surface area (Å²) in [6, 6.07) is 7.39. The molecule has 0 aliphatic carbocycles. The van der Waals surface area contributed by atoms with Crippen LogP contribution in [0.5, 0.6) is 5.75 Å². The lowest BCUT2D eigenvalue weighted by Gasteiger charge is -2.13. The Morgan fingerprint density at radius 2 is 2.29 bits per heavy atom. The van der Waals surface area contributed by atoms with Crippen LogP contribution >= 0.6 is 22.9 Å². The number of pyridine rings is 1. The number of halogens is 1. The van der Waals surface area contributed by atoms with Crippen LogP contribution in [0, 0.1) is 0 Å². The van der Waals surface area contributed by atoms with Gasteiger partial charge >= 0.3 is 0 Å². The summed E-state index contributed by atoms with van der Waals surface area (Å²) in [5, 5.41) is 9.33. The molecule has 0 amide bonds. The fourth-order valence-corrected chi connectivity index (χ4v) is 2.54. The third kappa shape index (κ3) is 3.43. The van der Waals surface area contributed by atoms with Gasteiger partial charge in [-0.3, -0.25) is 4.98 Å². The third-order valence-electron chi connectivity index (χ3n) is 2.30. The molecule has 0 spiro atoms. The number of thiophene rings is 1. The Morgan fingerprint density at radius 1 is 1.41 bits per heavy atom. The summed E-state index contributed by atoms with van der Waals surface area (Å²) in [4.78, 5) is 4.99. The number of ether oxygens (including phenoxy) is 1. The molecule has 0 aliphatic heterocycles. The maximum Gasteiger partial charge on any atom is 0.137 e. The fourth-order valence-electron chi connectivity index (χ4n) is 1.40. The van der Waals surface area contributed by atoms with Crippen molar-refractivity contribution in [3.05, 3.63) is 45.9 Å². The zero-order valence-corrected chi connectivity index (χ0v) is 10.6. The zero-order chi connectivity index (χ0) is 12.1. The third-order valence-corrected chi connectivity index (χ3v) is 3.70. The van der Waals surface area contributed by atoms with Crippen molar-refractivity contribution in [3.8, 4) is 5.75 Å². The molecule has 3 nitrogen and oxygen atoms in total. The quantitative estimate of drug-likeness (QED) is 0.907. The van der Waals surface area contributed by atoms with Crippen molar-refractivity contribution in [2.24, 2.45) is 0 Å². The second-order valence-corrected chi connectivity index (χ2v) is 5.27. The summed E-state index contributed by atoms with van der Waals surface area (Å²) in [7, 11) is 0. The Balaban J connectivity index is 1.97. The van der Waals surface area contributed by atoms with E-state index in [1.165, 1.54) is 11.3 Å². The molecule has 2 aromatic rings. The van der Waals surface area contributed by atoms with E-state index in [2.05, 4.69) is 4.98 Å². The van der Waals surface area contributed by atoms with Crippen LogP contribution in [0.4, 0.5) is 0 Å². The van der Waals surface area contributed by atoms with Gasteiger partial charge in [0.2, 0.25) is 0 Å². The van der Waals surface area contributed by atoms with E-state index in [0.717, 1.165) is 9.21 Å². The summed E-state index contributed by atoms with van der Waals surface area (Å²) < 4.78 is 6.29. The number of nitrogens with zero attached hydrogens (tertiary/aromatic N) is 1. The van der Waals surface area contributed by atoms with Crippen LogP contribution in [0.15, 0.2) is 36.7 Å². The van der Waals surface area contributed by atoms with Gasteiger partial charge in [-0.15, -0.1) is 11.3 Å². The van der Waals surface area contributed by atoms with E-state index >= 15 is 0 Å². The van der Waals surface area contributed by atoms with Crippen LogP contribution in [0.3, 0.4) is 0 Å². The Kier molecular flexibility index (Phi) is 4.36. The van der Waals surface area contributed by atoms with Crippen LogP contribution in [0.1, 0.15) is 10.8 Å². The highest BCUT2D eigenvalue weighted by atomic mass is 35.5. The van der Waals surface area contributed by atoms with Gasteiger partial charge in [0, 0.05) is 11.1 Å². The Labute approximate surface area is 109 Å². The molecule has 1 atom stereocenters. The maximum absolute atomic E-state index is 9.33. The molecule has 0 bridgehead atoms. The normalized spacial score (nSPS) is 12.4. The first-order valence-corrected chi connectivity index (χ1v) is 6.38. The van der Waals surface area contributed by atoms with Crippen LogP contribution in [0.2, 0.25) is 4.34 Å². The van der Waals surface area contributed by atoms with Gasteiger partial charge in [0.25, 0.3) is 0 Å². The SMILES string of the molecule is OCC(COc1cccnc1)c1ccc(Cl)s1. The molecule has 1 N–H and O–H groups in total. The lowest BCUT2D eigenvalue weighted by Crippen LogP contribution is -2.13. The second-order valence-electron chi connectivity index (χ2n) is 3.52. The molecular formula is C12H12ClNO2S. The minimum Gasteiger partial charge on any atom is -0.491 e. The maximum atomic E-state index is 9.33. The van der Waals surface area contributed by atoms with Crippen molar-refractivity contribution in [2.45, 2.75) is 5.92 Å². The highest BCUT2D eigenvalue weighted by Gasteiger charge is 2.13. The molecule has 0 fully saturated rings. The van der Waals surface area contributed by atoms with Gasteiger partial charge < -0.3 is 9.84 Å². The summed E-state index contributed by atoms with van der Waals surface area (Å²) in [5.41, 5.74) is 0. The van der Waals surface area contributed by atoms with Gasteiger partial charge in [-0.2, -0.15) is 0 Å². The number of aliphatic hydroxyl groups is 1. The van der Waals surface area contributed by atoms with E-state index in [1.54, 1.807) is 12.4 Å². The van der Waals surface area contributed by atoms with Crippen molar-refractivity contribution >= 4 is 22.9 Å². The van der Waals surface area contributed by atoms with Gasteiger partial charge in [0.15, 0.2) is 0 Å². The van der Waals surface area contributed by atoms with Gasteiger partial charge in [-0.25, -0.2) is 0 Å². The first-order valence-electron chi connectivity index (χ1n) is 5.18. The molecule has 5 heteroatoms. The minimum atomic E-state index is -0.0484. The molecule has 0 saturated carbocycles. The molecule has 0 aliphatic rings. The van der Waals surface area contributed by atoms with Crippen molar-refractivity contribution in [2.75, 3.05) is 13.2 Å². The van der Waals surface area contributed by atoms with Crippen molar-refractivity contribution < 1.29 is 9.84 Å². The largest absolute Gasteiger partial charge is 0.491 e. The van der Waals surface area contributed by atoms with Crippen LogP contribution in [-0.4, -0.2) is 23.3 Å². The minimum absolute atomic E-state index is 0.0388. The molecule has 2 heterocycles. The van der Waals surface area contributed by atoms with Crippen LogP contribution < -0.4 is 4.74 Å². The summed E-state index contributed by atoms with van der Waals surface area (Å²) in [5.74, 6) is 0.654. The molecule has 1 unspecified atom stereocenters. The summed E-state index contributed by atoms with van der Waals surface area (Å²) in [6.07, 6.45) is 3.34. The van der Waals surface area contributed by atoms with E-state index in [4.69, 9.17) is 16.3 Å². The van der Waals surface area contributed by atoms with Gasteiger partial charge in [-0.1, -0.05) is 11.6 Å². The lowest BCUT2D eigenvalue weighted by atomic mass is 10.1. The monoisotopic (exact) mass is 269 g/mol. The standard InChI is InChI=1S/C12H12ClNO2S/c13-12-4-3-11(17-12)9(7-15)8-16-10-2-1-5-14-6-10/h1-6,9,15H,7-8H2. The second kappa shape index (κ2) is 6.00. The first kappa shape index (κ1) is 12.4. The number of aliphatic hydroxyl groups excluding tert-OH is 1. The van der Waals surface area contributed by atoms with E-state index < -0.39 is 0 Å². The Bertz CT molecular complexity index is 461. The van der Waals surface area contributed by atoms with Gasteiger partial charge in [0.1, 0.15) is 5.75 Å². The van der Waals surface area contributed by atoms with Gasteiger partial charge in [0.05, 0.1) is 29.7 Å². The molecule has 0 radical (unpaired) electrons. The highest BCUT2D eigenvalue weighted by molar-refractivity contribution is 7.16. The number of hydrogen-bond donors (Lipinski definition) is 1. The van der Waals surface area contributed by atoms with Crippen LogP contribution in [0.25, 0.3) is 0 Å². The van der Waals surface area contributed by atoms with E-state index in [0.29, 0.717) is 12.4 Å². The lowest BCUT2D eigenvalue weighted by molar-refractivity contribution is 0.206. The summed E-state index contributed by atoms with van der Waals surface area (Å²) in [6.45, 7) is 0.455. The molecule has 0 aromatic carbocycles.